The van der Waals surface area contributed by atoms with Gasteiger partial charge in [0, 0.05) is 19.0 Å². The number of anilines is 2. The third-order valence-corrected chi connectivity index (χ3v) is 4.11. The van der Waals surface area contributed by atoms with Crippen molar-refractivity contribution in [3.05, 3.63) is 46.4 Å². The molecule has 1 fully saturated rings. The number of esters is 1. The van der Waals surface area contributed by atoms with Gasteiger partial charge in [-0.3, -0.25) is 0 Å². The van der Waals surface area contributed by atoms with Crippen LogP contribution in [0.15, 0.2) is 18.2 Å². The van der Waals surface area contributed by atoms with Crippen LogP contribution in [0.4, 0.5) is 20.3 Å². The predicted molar refractivity (Wildman–Crippen MR) is 84.8 cm³/mol. The van der Waals surface area contributed by atoms with Gasteiger partial charge in [-0.1, -0.05) is 11.6 Å². The van der Waals surface area contributed by atoms with Crippen LogP contribution in [0.3, 0.4) is 0 Å². The molecule has 0 N–H and O–H groups in total. The van der Waals surface area contributed by atoms with Gasteiger partial charge in [0.1, 0.15) is 22.5 Å². The first kappa shape index (κ1) is 16.6. The number of ether oxygens (including phenoxy) is 1. The van der Waals surface area contributed by atoms with Gasteiger partial charge in [-0.25, -0.2) is 23.5 Å². The van der Waals surface area contributed by atoms with Crippen molar-refractivity contribution in [2.75, 3.05) is 19.1 Å². The van der Waals surface area contributed by atoms with Gasteiger partial charge in [-0.15, -0.1) is 0 Å². The van der Waals surface area contributed by atoms with E-state index in [0.717, 1.165) is 31.0 Å². The minimum Gasteiger partial charge on any atom is -0.464 e. The van der Waals surface area contributed by atoms with Crippen LogP contribution in [0.5, 0.6) is 0 Å². The highest BCUT2D eigenvalue weighted by Crippen LogP contribution is 2.41. The molecule has 1 aromatic heterocycles. The molecule has 0 aliphatic heterocycles. The summed E-state index contributed by atoms with van der Waals surface area (Å²) in [5.41, 5.74) is -0.136. The van der Waals surface area contributed by atoms with Gasteiger partial charge in [-0.05, 0) is 25.0 Å². The van der Waals surface area contributed by atoms with Crippen molar-refractivity contribution in [2.45, 2.75) is 18.8 Å². The van der Waals surface area contributed by atoms with E-state index in [1.807, 2.05) is 0 Å². The molecule has 126 valence electrons. The molecular formula is C16H14ClF2N3O2. The lowest BCUT2D eigenvalue weighted by Crippen LogP contribution is -2.18. The summed E-state index contributed by atoms with van der Waals surface area (Å²) in [6.07, 6.45) is 1.81. The topological polar surface area (TPSA) is 55.3 Å². The Morgan fingerprint density at radius 1 is 1.33 bits per heavy atom. The van der Waals surface area contributed by atoms with Crippen LogP contribution in [0.1, 0.15) is 35.1 Å². The number of rotatable bonds is 4. The number of nitrogens with zero attached hydrogens (tertiary/aromatic N) is 3. The van der Waals surface area contributed by atoms with Gasteiger partial charge in [-0.2, -0.15) is 0 Å². The second-order valence-electron chi connectivity index (χ2n) is 5.49. The molecule has 5 nitrogen and oxygen atoms in total. The number of halogens is 3. The van der Waals surface area contributed by atoms with E-state index in [2.05, 4.69) is 14.7 Å². The maximum atomic E-state index is 14.0. The van der Waals surface area contributed by atoms with Gasteiger partial charge in [0.2, 0.25) is 0 Å². The van der Waals surface area contributed by atoms with Crippen LogP contribution in [0.25, 0.3) is 0 Å². The largest absolute Gasteiger partial charge is 0.464 e. The summed E-state index contributed by atoms with van der Waals surface area (Å²) in [6, 6.07) is 3.06. The normalized spacial score (nSPS) is 13.7. The fraction of sp³-hybridized carbons (Fsp3) is 0.312. The van der Waals surface area contributed by atoms with E-state index in [0.29, 0.717) is 5.82 Å². The molecule has 1 heterocycles. The standard InChI is InChI=1S/C16H14ClF2N3O2/c1-22(11-7-9(18)5-6-10(11)19)15-12(17)13(16(23)24-2)20-14(21-15)8-3-4-8/h5-8H,3-4H2,1-2H3. The highest BCUT2D eigenvalue weighted by molar-refractivity contribution is 6.35. The zero-order valence-corrected chi connectivity index (χ0v) is 13.8. The van der Waals surface area contributed by atoms with Gasteiger partial charge in [0.25, 0.3) is 0 Å². The van der Waals surface area contributed by atoms with E-state index in [9.17, 15) is 13.6 Å². The van der Waals surface area contributed by atoms with Crippen LogP contribution >= 0.6 is 11.6 Å². The molecule has 0 saturated heterocycles. The molecule has 2 aromatic rings. The van der Waals surface area contributed by atoms with Crippen LogP contribution in [-0.2, 0) is 4.74 Å². The van der Waals surface area contributed by atoms with Crippen molar-refractivity contribution >= 4 is 29.1 Å². The SMILES string of the molecule is COC(=O)c1nc(C2CC2)nc(N(C)c2cc(F)ccc2F)c1Cl. The molecule has 1 saturated carbocycles. The Morgan fingerprint density at radius 2 is 2.04 bits per heavy atom. The lowest BCUT2D eigenvalue weighted by atomic mass is 10.2. The van der Waals surface area contributed by atoms with Crippen LogP contribution in [-0.4, -0.2) is 30.1 Å². The molecule has 1 aliphatic carbocycles. The predicted octanol–water partition coefficient (Wildman–Crippen LogP) is 3.84. The lowest BCUT2D eigenvalue weighted by Gasteiger charge is -2.21. The Kier molecular flexibility index (Phi) is 4.36. The zero-order chi connectivity index (χ0) is 17.4. The number of carbonyl (C=O) groups excluding carboxylic acids is 1. The average Bonchev–Trinajstić information content (AvgIpc) is 3.41. The summed E-state index contributed by atoms with van der Waals surface area (Å²) in [5.74, 6) is -1.24. The van der Waals surface area contributed by atoms with Gasteiger partial charge in [0.05, 0.1) is 12.8 Å². The quantitative estimate of drug-likeness (QED) is 0.782. The summed E-state index contributed by atoms with van der Waals surface area (Å²) in [4.78, 5) is 21.7. The molecule has 0 spiro atoms. The summed E-state index contributed by atoms with van der Waals surface area (Å²) in [7, 11) is 2.71. The lowest BCUT2D eigenvalue weighted by molar-refractivity contribution is 0.0593. The Balaban J connectivity index is 2.13. The fourth-order valence-corrected chi connectivity index (χ4v) is 2.58. The average molecular weight is 354 g/mol. The summed E-state index contributed by atoms with van der Waals surface area (Å²) in [6.45, 7) is 0. The molecule has 0 radical (unpaired) electrons. The summed E-state index contributed by atoms with van der Waals surface area (Å²) >= 11 is 6.23. The van der Waals surface area contributed by atoms with Crippen molar-refractivity contribution in [1.29, 1.82) is 0 Å². The third-order valence-electron chi connectivity index (χ3n) is 3.76. The van der Waals surface area contributed by atoms with Crippen molar-refractivity contribution in [3.8, 4) is 0 Å². The molecule has 0 bridgehead atoms. The molecule has 8 heteroatoms. The van der Waals surface area contributed by atoms with Crippen LogP contribution in [0.2, 0.25) is 5.02 Å². The first-order chi connectivity index (χ1) is 11.4. The molecule has 24 heavy (non-hydrogen) atoms. The van der Waals surface area contributed by atoms with Gasteiger partial charge in [0.15, 0.2) is 11.5 Å². The Labute approximate surface area is 142 Å². The minimum atomic E-state index is -0.710. The minimum absolute atomic E-state index is 0.0480. The Hall–Kier alpha value is -2.28. The number of methoxy groups -OCH3 is 1. The zero-order valence-electron chi connectivity index (χ0n) is 13.0. The van der Waals surface area contributed by atoms with E-state index in [-0.39, 0.29) is 28.1 Å². The molecule has 0 unspecified atom stereocenters. The highest BCUT2D eigenvalue weighted by atomic mass is 35.5. The summed E-state index contributed by atoms with van der Waals surface area (Å²) in [5, 5.41) is -0.0718. The van der Waals surface area contributed by atoms with Crippen LogP contribution in [0, 0.1) is 11.6 Å². The van der Waals surface area contributed by atoms with E-state index in [1.165, 1.54) is 19.1 Å². The van der Waals surface area contributed by atoms with Crippen molar-refractivity contribution in [1.82, 2.24) is 9.97 Å². The molecular weight excluding hydrogens is 340 g/mol. The third kappa shape index (κ3) is 3.03. The maximum Gasteiger partial charge on any atom is 0.358 e. The van der Waals surface area contributed by atoms with Gasteiger partial charge < -0.3 is 9.64 Å². The van der Waals surface area contributed by atoms with Crippen LogP contribution < -0.4 is 4.90 Å². The Morgan fingerprint density at radius 3 is 2.67 bits per heavy atom. The molecule has 1 aliphatic rings. The van der Waals surface area contributed by atoms with Gasteiger partial charge >= 0.3 is 5.97 Å². The van der Waals surface area contributed by atoms with Crippen molar-refractivity contribution < 1.29 is 18.3 Å². The number of benzene rings is 1. The number of hydrogen-bond donors (Lipinski definition) is 0. The molecule has 3 rings (SSSR count). The first-order valence-electron chi connectivity index (χ1n) is 7.27. The summed E-state index contributed by atoms with van der Waals surface area (Å²) < 4.78 is 32.2. The second-order valence-corrected chi connectivity index (χ2v) is 5.87. The Bertz CT molecular complexity index is 812. The monoisotopic (exact) mass is 353 g/mol. The van der Waals surface area contributed by atoms with Crippen molar-refractivity contribution in [2.24, 2.45) is 0 Å². The number of hydrogen-bond acceptors (Lipinski definition) is 5. The molecule has 0 amide bonds. The molecule has 0 atom stereocenters. The number of aromatic nitrogens is 2. The van der Waals surface area contributed by atoms with E-state index >= 15 is 0 Å². The van der Waals surface area contributed by atoms with E-state index in [4.69, 9.17) is 11.6 Å². The first-order valence-corrected chi connectivity index (χ1v) is 7.64. The second kappa shape index (κ2) is 6.32. The van der Waals surface area contributed by atoms with Crippen molar-refractivity contribution in [3.63, 3.8) is 0 Å². The highest BCUT2D eigenvalue weighted by Gasteiger charge is 2.31. The smallest absolute Gasteiger partial charge is 0.358 e. The van der Waals surface area contributed by atoms with E-state index < -0.39 is 17.6 Å². The number of carbonyl (C=O) groups is 1. The molecule has 1 aromatic carbocycles. The maximum absolute atomic E-state index is 14.0. The van der Waals surface area contributed by atoms with E-state index in [1.54, 1.807) is 0 Å². The fourth-order valence-electron chi connectivity index (χ4n) is 2.29.